The predicted molar refractivity (Wildman–Crippen MR) is 145 cm³/mol. The fourth-order valence-electron chi connectivity index (χ4n) is 4.35. The van der Waals surface area contributed by atoms with Crippen LogP contribution in [-0.2, 0) is 9.59 Å². The number of aryl methyl sites for hydroxylation is 1. The molecule has 0 aromatic carbocycles. The molecule has 5 rings (SSSR count). The number of halogens is 1. The predicted octanol–water partition coefficient (Wildman–Crippen LogP) is 4.99. The number of nitrogens with zero attached hydrogens (tertiary/aromatic N) is 5. The Hall–Kier alpha value is -3.24. The first kappa shape index (κ1) is 25.4. The van der Waals surface area contributed by atoms with Crippen molar-refractivity contribution in [3.63, 3.8) is 0 Å². The Kier molecular flexibility index (Phi) is 7.30. The van der Waals surface area contributed by atoms with Crippen molar-refractivity contribution >= 4 is 68.7 Å². The third kappa shape index (κ3) is 5.00. The lowest BCUT2D eigenvalue weighted by atomic mass is 9.78. The molecule has 4 heterocycles. The third-order valence-electron chi connectivity index (χ3n) is 5.99. The number of nitriles is 1. The fraction of sp³-hybridized carbons (Fsp3) is 0.250. The Morgan fingerprint density at radius 1 is 1.35 bits per heavy atom. The maximum atomic E-state index is 13.2. The summed E-state index contributed by atoms with van der Waals surface area (Å²) in [5, 5.41) is 24.2. The monoisotopic (exact) mass is 569 g/mol. The first-order valence-electron chi connectivity index (χ1n) is 11.2. The molecule has 3 aromatic rings. The minimum Gasteiger partial charge on any atom is -0.384 e. The van der Waals surface area contributed by atoms with Crippen LogP contribution in [0.3, 0.4) is 0 Å². The van der Waals surface area contributed by atoms with Gasteiger partial charge in [-0.3, -0.25) is 14.5 Å². The normalized spacial score (nSPS) is 17.6. The van der Waals surface area contributed by atoms with Crippen molar-refractivity contribution in [2.75, 3.05) is 16.0 Å². The molecule has 0 radical (unpaired) electrons. The van der Waals surface area contributed by atoms with Crippen LogP contribution in [0.1, 0.15) is 35.6 Å². The SMILES string of the molecule is Cc1ccsc1C1C(C#N)=C(N)N(c2nnc(SCC(=O)Nc3ccc(Cl)cn3)s2)C2=C1C(=O)CCC2. The molecule has 0 saturated heterocycles. The number of carbonyl (C=O) groups excluding carboxylic acids is 2. The molecule has 1 atom stereocenters. The zero-order valence-electron chi connectivity index (χ0n) is 19.5. The zero-order valence-corrected chi connectivity index (χ0v) is 22.7. The number of amides is 1. The molecular formula is C24H20ClN7O2S3. The maximum absolute atomic E-state index is 13.2. The summed E-state index contributed by atoms with van der Waals surface area (Å²) in [6.07, 6.45) is 3.22. The average Bonchev–Trinajstić information content (AvgIpc) is 3.52. The number of Topliss-reactive ketones (excluding diaryl/α,β-unsaturated/α-hetero) is 1. The summed E-state index contributed by atoms with van der Waals surface area (Å²) in [7, 11) is 0. The van der Waals surface area contributed by atoms with Crippen LogP contribution < -0.4 is 16.0 Å². The van der Waals surface area contributed by atoms with E-state index in [-0.39, 0.29) is 23.3 Å². The van der Waals surface area contributed by atoms with Crippen molar-refractivity contribution in [1.82, 2.24) is 15.2 Å². The zero-order chi connectivity index (χ0) is 26.1. The van der Waals surface area contributed by atoms with E-state index in [1.165, 1.54) is 40.6 Å². The largest absolute Gasteiger partial charge is 0.384 e. The number of thioether (sulfide) groups is 1. The van der Waals surface area contributed by atoms with E-state index >= 15 is 0 Å². The molecule has 0 fully saturated rings. The molecule has 0 bridgehead atoms. The van der Waals surface area contributed by atoms with Gasteiger partial charge in [-0.15, -0.1) is 21.5 Å². The van der Waals surface area contributed by atoms with E-state index in [0.717, 1.165) is 16.1 Å². The molecule has 9 nitrogen and oxygen atoms in total. The van der Waals surface area contributed by atoms with Gasteiger partial charge in [0.25, 0.3) is 0 Å². The van der Waals surface area contributed by atoms with E-state index in [1.54, 1.807) is 17.0 Å². The minimum atomic E-state index is -0.476. The minimum absolute atomic E-state index is 0.0240. The number of nitrogens with two attached hydrogens (primary N) is 1. The smallest absolute Gasteiger partial charge is 0.235 e. The van der Waals surface area contributed by atoms with Crippen LogP contribution in [0.5, 0.6) is 0 Å². The number of carbonyl (C=O) groups is 2. The highest BCUT2D eigenvalue weighted by Gasteiger charge is 2.42. The number of thiophene rings is 1. The lowest BCUT2D eigenvalue weighted by molar-refractivity contribution is -0.116. The number of nitrogens with one attached hydrogen (secondary N) is 1. The standard InChI is InChI=1S/C24H20ClN7O2S3/c1-12-7-8-35-21(12)19-14(9-26)22(27)32(15-3-2-4-16(33)20(15)19)23-30-31-24(37-23)36-11-18(34)29-17-6-5-13(25)10-28-17/h5-8,10,19H,2-4,11,27H2,1H3,(H,28,29,34). The Balaban J connectivity index is 1.41. The van der Waals surface area contributed by atoms with E-state index in [2.05, 4.69) is 26.6 Å². The summed E-state index contributed by atoms with van der Waals surface area (Å²) in [5.41, 5.74) is 9.32. The first-order chi connectivity index (χ1) is 17.9. The van der Waals surface area contributed by atoms with Gasteiger partial charge in [0.15, 0.2) is 10.1 Å². The van der Waals surface area contributed by atoms with Crippen LogP contribution in [-0.4, -0.2) is 32.6 Å². The first-order valence-corrected chi connectivity index (χ1v) is 14.3. The van der Waals surface area contributed by atoms with Crippen molar-refractivity contribution in [1.29, 1.82) is 5.26 Å². The highest BCUT2D eigenvalue weighted by molar-refractivity contribution is 8.01. The number of ketones is 1. The van der Waals surface area contributed by atoms with Crippen molar-refractivity contribution < 1.29 is 9.59 Å². The maximum Gasteiger partial charge on any atom is 0.235 e. The fourth-order valence-corrected chi connectivity index (χ4v) is 7.19. The number of anilines is 2. The Morgan fingerprint density at radius 2 is 2.19 bits per heavy atom. The number of allylic oxidation sites excluding steroid dienone is 3. The van der Waals surface area contributed by atoms with Crippen molar-refractivity contribution in [2.24, 2.45) is 5.73 Å². The van der Waals surface area contributed by atoms with Gasteiger partial charge in [-0.25, -0.2) is 4.98 Å². The number of rotatable bonds is 6. The number of hydrogen-bond acceptors (Lipinski definition) is 11. The molecule has 3 N–H and O–H groups in total. The Labute approximate surface area is 230 Å². The van der Waals surface area contributed by atoms with E-state index in [1.807, 2.05) is 18.4 Å². The average molecular weight is 570 g/mol. The molecule has 188 valence electrons. The van der Waals surface area contributed by atoms with Crippen LogP contribution in [0.2, 0.25) is 5.02 Å². The summed E-state index contributed by atoms with van der Waals surface area (Å²) in [6, 6.07) is 7.51. The van der Waals surface area contributed by atoms with E-state index < -0.39 is 5.92 Å². The van der Waals surface area contributed by atoms with E-state index in [0.29, 0.717) is 50.7 Å². The van der Waals surface area contributed by atoms with Crippen LogP contribution in [0.25, 0.3) is 0 Å². The van der Waals surface area contributed by atoms with Crippen LogP contribution in [0.4, 0.5) is 10.9 Å². The molecule has 1 aliphatic heterocycles. The van der Waals surface area contributed by atoms with Crippen LogP contribution in [0.15, 0.2) is 56.8 Å². The van der Waals surface area contributed by atoms with Gasteiger partial charge < -0.3 is 11.1 Å². The lowest BCUT2D eigenvalue weighted by Crippen LogP contribution is -2.38. The van der Waals surface area contributed by atoms with E-state index in [9.17, 15) is 14.9 Å². The summed E-state index contributed by atoms with van der Waals surface area (Å²) >= 11 is 9.83. The highest BCUT2D eigenvalue weighted by Crippen LogP contribution is 2.48. The molecule has 1 unspecified atom stereocenters. The molecule has 2 aliphatic rings. The molecule has 1 aliphatic carbocycles. The molecule has 3 aromatic heterocycles. The second-order valence-corrected chi connectivity index (χ2v) is 11.9. The van der Waals surface area contributed by atoms with E-state index in [4.69, 9.17) is 17.3 Å². The van der Waals surface area contributed by atoms with Crippen molar-refractivity contribution in [2.45, 2.75) is 36.4 Å². The second-order valence-electron chi connectivity index (χ2n) is 8.33. The topological polar surface area (TPSA) is 138 Å². The van der Waals surface area contributed by atoms with Crippen LogP contribution >= 0.6 is 46.0 Å². The Morgan fingerprint density at radius 3 is 2.89 bits per heavy atom. The molecule has 37 heavy (non-hydrogen) atoms. The molecule has 1 amide bonds. The molecule has 13 heteroatoms. The Bertz CT molecular complexity index is 1490. The molecular weight excluding hydrogens is 550 g/mol. The van der Waals surface area contributed by atoms with Crippen LogP contribution in [0, 0.1) is 18.3 Å². The van der Waals surface area contributed by atoms with Gasteiger partial charge in [0.05, 0.1) is 28.3 Å². The number of hydrogen-bond donors (Lipinski definition) is 2. The summed E-state index contributed by atoms with van der Waals surface area (Å²) in [4.78, 5) is 32.2. The van der Waals surface area contributed by atoms with Gasteiger partial charge >= 0.3 is 0 Å². The molecule has 0 saturated carbocycles. The third-order valence-corrected chi connectivity index (χ3v) is 9.33. The second kappa shape index (κ2) is 10.6. The van der Waals surface area contributed by atoms with Gasteiger partial charge in [-0.05, 0) is 48.9 Å². The summed E-state index contributed by atoms with van der Waals surface area (Å²) in [5.74, 6) is 0.0534. The van der Waals surface area contributed by atoms with Gasteiger partial charge in [0.1, 0.15) is 11.6 Å². The summed E-state index contributed by atoms with van der Waals surface area (Å²) in [6.45, 7) is 1.98. The number of aromatic nitrogens is 3. The lowest BCUT2D eigenvalue weighted by Gasteiger charge is -2.37. The quantitative estimate of drug-likeness (QED) is 0.393. The van der Waals surface area contributed by atoms with Gasteiger partial charge in [0.2, 0.25) is 11.0 Å². The van der Waals surface area contributed by atoms with Gasteiger partial charge in [-0.1, -0.05) is 34.7 Å². The highest BCUT2D eigenvalue weighted by atomic mass is 35.5. The summed E-state index contributed by atoms with van der Waals surface area (Å²) < 4.78 is 0.557. The van der Waals surface area contributed by atoms with Crippen molar-refractivity contribution in [3.05, 3.63) is 67.9 Å². The number of pyridine rings is 1. The van der Waals surface area contributed by atoms with Gasteiger partial charge in [-0.2, -0.15) is 5.26 Å². The van der Waals surface area contributed by atoms with Gasteiger partial charge in [0, 0.05) is 28.8 Å². The van der Waals surface area contributed by atoms with Crippen molar-refractivity contribution in [3.8, 4) is 6.07 Å². The molecule has 0 spiro atoms.